The van der Waals surface area contributed by atoms with Crippen molar-refractivity contribution in [2.75, 3.05) is 7.05 Å². The Bertz CT molecular complexity index is 720. The SMILES string of the molecule is CN(C(=O)OC(C)(C)C)C(Cc1cncc(OC(=O)OC(C)(C)C)c1)C(=O)O. The Labute approximate surface area is 164 Å². The molecule has 0 radical (unpaired) electrons. The van der Waals surface area contributed by atoms with Crippen molar-refractivity contribution in [1.82, 2.24) is 9.88 Å². The molecule has 1 atom stereocenters. The van der Waals surface area contributed by atoms with Crippen LogP contribution in [0.25, 0.3) is 0 Å². The number of likely N-dealkylation sites (N-methyl/N-ethyl adjacent to an activating group) is 1. The van der Waals surface area contributed by atoms with Crippen LogP contribution >= 0.6 is 0 Å². The third-order valence-corrected chi connectivity index (χ3v) is 3.22. The first-order chi connectivity index (χ1) is 12.7. The first kappa shape index (κ1) is 23.2. The number of amides is 1. The summed E-state index contributed by atoms with van der Waals surface area (Å²) in [6.07, 6.45) is 1.03. The molecule has 0 aliphatic heterocycles. The standard InChI is InChI=1S/C19H28N2O7/c1-18(2,3)27-16(24)21(7)14(15(22)23)9-12-8-13(11-20-10-12)26-17(25)28-19(4,5)6/h8,10-11,14H,9H2,1-7H3,(H,22,23). The average Bonchev–Trinajstić information content (AvgIpc) is 2.48. The van der Waals surface area contributed by atoms with E-state index in [1.54, 1.807) is 41.5 Å². The van der Waals surface area contributed by atoms with Crippen LogP contribution in [0.1, 0.15) is 47.1 Å². The van der Waals surface area contributed by atoms with Crippen LogP contribution in [0.5, 0.6) is 5.75 Å². The van der Waals surface area contributed by atoms with Crippen LogP contribution in [-0.4, -0.2) is 57.5 Å². The molecule has 1 amide bonds. The third kappa shape index (κ3) is 8.24. The molecule has 0 bridgehead atoms. The summed E-state index contributed by atoms with van der Waals surface area (Å²) in [4.78, 5) is 40.6. The molecule has 0 aliphatic rings. The van der Waals surface area contributed by atoms with Gasteiger partial charge < -0.3 is 19.3 Å². The van der Waals surface area contributed by atoms with E-state index in [0.717, 1.165) is 4.90 Å². The summed E-state index contributed by atoms with van der Waals surface area (Å²) in [7, 11) is 1.35. The predicted molar refractivity (Wildman–Crippen MR) is 100 cm³/mol. The molecule has 1 aromatic heterocycles. The summed E-state index contributed by atoms with van der Waals surface area (Å²) in [6.45, 7) is 10.2. The Morgan fingerprint density at radius 3 is 2.14 bits per heavy atom. The van der Waals surface area contributed by atoms with E-state index < -0.39 is 35.5 Å². The molecule has 0 aromatic carbocycles. The maximum absolute atomic E-state index is 12.2. The third-order valence-electron chi connectivity index (χ3n) is 3.22. The van der Waals surface area contributed by atoms with Crippen LogP contribution in [0.4, 0.5) is 9.59 Å². The van der Waals surface area contributed by atoms with Crippen LogP contribution in [0, 0.1) is 0 Å². The van der Waals surface area contributed by atoms with Gasteiger partial charge in [0.2, 0.25) is 0 Å². The minimum Gasteiger partial charge on any atom is -0.480 e. The number of aromatic nitrogens is 1. The van der Waals surface area contributed by atoms with E-state index in [4.69, 9.17) is 14.2 Å². The normalized spacial score (nSPS) is 12.7. The van der Waals surface area contributed by atoms with Crippen LogP contribution < -0.4 is 4.74 Å². The second-order valence-corrected chi connectivity index (χ2v) is 8.24. The first-order valence-electron chi connectivity index (χ1n) is 8.71. The van der Waals surface area contributed by atoms with Crippen LogP contribution in [0.3, 0.4) is 0 Å². The average molecular weight is 396 g/mol. The Morgan fingerprint density at radius 1 is 1.07 bits per heavy atom. The van der Waals surface area contributed by atoms with Gasteiger partial charge >= 0.3 is 18.2 Å². The number of aliphatic carboxylic acids is 1. The number of pyridine rings is 1. The number of carboxylic acid groups (broad SMARTS) is 1. The molecule has 0 spiro atoms. The molecule has 0 saturated heterocycles. The molecular formula is C19H28N2O7. The van der Waals surface area contributed by atoms with Crippen molar-refractivity contribution in [1.29, 1.82) is 0 Å². The van der Waals surface area contributed by atoms with Gasteiger partial charge in [0.1, 0.15) is 17.2 Å². The fourth-order valence-electron chi connectivity index (χ4n) is 2.07. The van der Waals surface area contributed by atoms with Gasteiger partial charge in [-0.15, -0.1) is 0 Å². The Hall–Kier alpha value is -2.84. The largest absolute Gasteiger partial charge is 0.514 e. The highest BCUT2D eigenvalue weighted by molar-refractivity contribution is 5.80. The number of carboxylic acids is 1. The summed E-state index contributed by atoms with van der Waals surface area (Å²) >= 11 is 0. The molecule has 1 aromatic rings. The maximum atomic E-state index is 12.2. The highest BCUT2D eigenvalue weighted by atomic mass is 16.7. The van der Waals surface area contributed by atoms with Gasteiger partial charge in [-0.1, -0.05) is 0 Å². The van der Waals surface area contributed by atoms with Gasteiger partial charge in [0.25, 0.3) is 0 Å². The van der Waals surface area contributed by atoms with Crippen molar-refractivity contribution in [3.8, 4) is 5.75 Å². The topological polar surface area (TPSA) is 115 Å². The van der Waals surface area contributed by atoms with Crippen LogP contribution in [0.15, 0.2) is 18.5 Å². The zero-order valence-electron chi connectivity index (χ0n) is 17.3. The smallest absolute Gasteiger partial charge is 0.480 e. The molecule has 156 valence electrons. The molecule has 1 N–H and O–H groups in total. The zero-order valence-corrected chi connectivity index (χ0v) is 17.3. The predicted octanol–water partition coefficient (Wildman–Crippen LogP) is 3.26. The number of rotatable bonds is 5. The molecule has 9 nitrogen and oxygen atoms in total. The minimum absolute atomic E-state index is 0.0520. The molecule has 1 rings (SSSR count). The number of ether oxygens (including phenoxy) is 3. The van der Waals surface area contributed by atoms with Gasteiger partial charge in [0, 0.05) is 19.7 Å². The van der Waals surface area contributed by atoms with Crippen molar-refractivity contribution < 1.29 is 33.7 Å². The lowest BCUT2D eigenvalue weighted by Gasteiger charge is -2.28. The zero-order chi connectivity index (χ0) is 21.7. The van der Waals surface area contributed by atoms with E-state index in [1.165, 1.54) is 25.5 Å². The number of hydrogen-bond donors (Lipinski definition) is 1. The Morgan fingerprint density at radius 2 is 1.64 bits per heavy atom. The second kappa shape index (κ2) is 8.90. The minimum atomic E-state index is -1.20. The number of carbonyl (C=O) groups is 3. The number of hydrogen-bond acceptors (Lipinski definition) is 7. The summed E-state index contributed by atoms with van der Waals surface area (Å²) < 4.78 is 15.3. The van der Waals surface area contributed by atoms with E-state index in [0.29, 0.717) is 5.56 Å². The molecule has 0 saturated carbocycles. The van der Waals surface area contributed by atoms with Crippen molar-refractivity contribution in [3.63, 3.8) is 0 Å². The second-order valence-electron chi connectivity index (χ2n) is 8.24. The van der Waals surface area contributed by atoms with Gasteiger partial charge in [-0.25, -0.2) is 14.4 Å². The first-order valence-corrected chi connectivity index (χ1v) is 8.71. The quantitative estimate of drug-likeness (QED) is 0.754. The molecule has 1 unspecified atom stereocenters. The maximum Gasteiger partial charge on any atom is 0.514 e. The van der Waals surface area contributed by atoms with Gasteiger partial charge in [-0.2, -0.15) is 0 Å². The molecule has 1 heterocycles. The van der Waals surface area contributed by atoms with E-state index in [2.05, 4.69) is 4.98 Å². The fourth-order valence-corrected chi connectivity index (χ4v) is 2.07. The number of nitrogens with zero attached hydrogens (tertiary/aromatic N) is 2. The lowest BCUT2D eigenvalue weighted by Crippen LogP contribution is -2.46. The summed E-state index contributed by atoms with van der Waals surface area (Å²) in [5.74, 6) is -1.09. The highest BCUT2D eigenvalue weighted by Crippen LogP contribution is 2.18. The molecule has 0 aliphatic carbocycles. The molecule has 9 heteroatoms. The molecular weight excluding hydrogens is 368 g/mol. The van der Waals surface area contributed by atoms with Crippen molar-refractivity contribution in [2.24, 2.45) is 0 Å². The van der Waals surface area contributed by atoms with Gasteiger partial charge in [0.05, 0.1) is 6.20 Å². The lowest BCUT2D eigenvalue weighted by atomic mass is 10.1. The van der Waals surface area contributed by atoms with Crippen molar-refractivity contribution in [3.05, 3.63) is 24.0 Å². The van der Waals surface area contributed by atoms with Gasteiger partial charge in [0.15, 0.2) is 5.75 Å². The van der Waals surface area contributed by atoms with E-state index in [-0.39, 0.29) is 12.2 Å². The van der Waals surface area contributed by atoms with Crippen LogP contribution in [0.2, 0.25) is 0 Å². The number of carbonyl (C=O) groups excluding carboxylic acids is 2. The summed E-state index contributed by atoms with van der Waals surface area (Å²) in [5.41, 5.74) is -1.01. The lowest BCUT2D eigenvalue weighted by molar-refractivity contribution is -0.142. The highest BCUT2D eigenvalue weighted by Gasteiger charge is 2.30. The Kier molecular flexibility index (Phi) is 7.37. The molecule has 28 heavy (non-hydrogen) atoms. The summed E-state index contributed by atoms with van der Waals surface area (Å²) in [6, 6.07) is 0.281. The van der Waals surface area contributed by atoms with E-state index in [9.17, 15) is 19.5 Å². The fraction of sp³-hybridized carbons (Fsp3) is 0.579. The molecule has 0 fully saturated rings. The Balaban J connectivity index is 2.90. The monoisotopic (exact) mass is 396 g/mol. The van der Waals surface area contributed by atoms with Gasteiger partial charge in [-0.3, -0.25) is 9.88 Å². The van der Waals surface area contributed by atoms with E-state index >= 15 is 0 Å². The van der Waals surface area contributed by atoms with E-state index in [1.807, 2.05) is 0 Å². The summed E-state index contributed by atoms with van der Waals surface area (Å²) in [5, 5.41) is 9.52. The van der Waals surface area contributed by atoms with Gasteiger partial charge in [-0.05, 0) is 53.2 Å². The van der Waals surface area contributed by atoms with Crippen LogP contribution in [-0.2, 0) is 20.7 Å². The van der Waals surface area contributed by atoms with Crippen molar-refractivity contribution in [2.45, 2.75) is 65.2 Å². The van der Waals surface area contributed by atoms with Crippen molar-refractivity contribution >= 4 is 18.2 Å².